The van der Waals surface area contributed by atoms with Crippen molar-refractivity contribution >= 4 is 6.03 Å². The van der Waals surface area contributed by atoms with Gasteiger partial charge in [-0.15, -0.1) is 10.2 Å². The van der Waals surface area contributed by atoms with E-state index in [1.807, 2.05) is 41.6 Å². The van der Waals surface area contributed by atoms with Crippen molar-refractivity contribution in [3.8, 4) is 0 Å². The van der Waals surface area contributed by atoms with E-state index < -0.39 is 0 Å². The van der Waals surface area contributed by atoms with Gasteiger partial charge in [0, 0.05) is 20.1 Å². The van der Waals surface area contributed by atoms with Crippen LogP contribution in [0, 0.1) is 0 Å². The molecule has 7 nitrogen and oxygen atoms in total. The summed E-state index contributed by atoms with van der Waals surface area (Å²) in [5.74, 6) is 0.745. The summed E-state index contributed by atoms with van der Waals surface area (Å²) in [5, 5.41) is 10.9. The molecule has 1 aliphatic rings. The molecule has 1 fully saturated rings. The summed E-state index contributed by atoms with van der Waals surface area (Å²) in [6.07, 6.45) is 3.56. The molecule has 1 saturated heterocycles. The lowest BCUT2D eigenvalue weighted by molar-refractivity contribution is 0.00430. The van der Waals surface area contributed by atoms with Gasteiger partial charge in [0.1, 0.15) is 6.33 Å². The van der Waals surface area contributed by atoms with E-state index in [2.05, 4.69) is 27.6 Å². The Kier molecular flexibility index (Phi) is 5.65. The van der Waals surface area contributed by atoms with Crippen molar-refractivity contribution in [3.05, 3.63) is 48.0 Å². The van der Waals surface area contributed by atoms with Gasteiger partial charge in [0.05, 0.1) is 18.8 Å². The molecule has 0 bridgehead atoms. The highest BCUT2D eigenvalue weighted by Gasteiger charge is 2.25. The molecule has 134 valence electrons. The molecule has 0 unspecified atom stereocenters. The van der Waals surface area contributed by atoms with Gasteiger partial charge < -0.3 is 19.5 Å². The Hall–Kier alpha value is -2.41. The Bertz CT molecular complexity index is 680. The summed E-state index contributed by atoms with van der Waals surface area (Å²) < 4.78 is 7.79. The van der Waals surface area contributed by atoms with Crippen LogP contribution in [0.5, 0.6) is 0 Å². The summed E-state index contributed by atoms with van der Waals surface area (Å²) in [6, 6.07) is 9.94. The number of amides is 2. The van der Waals surface area contributed by atoms with Crippen molar-refractivity contribution < 1.29 is 9.53 Å². The number of aromatic nitrogens is 3. The lowest BCUT2D eigenvalue weighted by atomic mass is 10.1. The smallest absolute Gasteiger partial charge is 0.317 e. The summed E-state index contributed by atoms with van der Waals surface area (Å²) in [5.41, 5.74) is 1.18. The molecule has 1 atom stereocenters. The molecule has 3 rings (SSSR count). The van der Waals surface area contributed by atoms with E-state index in [1.165, 1.54) is 5.56 Å². The SMILES string of the molecule is C[C@H](NC(=O)N1CCC(OCc2ccccc2)CC1)c1nncn1C. The topological polar surface area (TPSA) is 72.3 Å². The number of nitrogens with zero attached hydrogens (tertiary/aromatic N) is 4. The molecule has 1 N–H and O–H groups in total. The van der Waals surface area contributed by atoms with Gasteiger partial charge in [-0.05, 0) is 25.3 Å². The Morgan fingerprint density at radius 1 is 1.32 bits per heavy atom. The van der Waals surface area contributed by atoms with Crippen molar-refractivity contribution in [2.24, 2.45) is 7.05 Å². The van der Waals surface area contributed by atoms with Crippen LogP contribution in [0.3, 0.4) is 0 Å². The molecular weight excluding hydrogens is 318 g/mol. The first kappa shape index (κ1) is 17.4. The van der Waals surface area contributed by atoms with E-state index in [0.29, 0.717) is 19.7 Å². The minimum atomic E-state index is -0.174. The monoisotopic (exact) mass is 343 g/mol. The van der Waals surface area contributed by atoms with Gasteiger partial charge in [-0.25, -0.2) is 4.79 Å². The number of benzene rings is 1. The Labute approximate surface area is 148 Å². The second-order valence-electron chi connectivity index (χ2n) is 6.45. The highest BCUT2D eigenvalue weighted by Crippen LogP contribution is 2.17. The molecule has 0 radical (unpaired) electrons. The van der Waals surface area contributed by atoms with E-state index in [-0.39, 0.29) is 18.2 Å². The van der Waals surface area contributed by atoms with Gasteiger partial charge in [0.15, 0.2) is 5.82 Å². The first-order valence-corrected chi connectivity index (χ1v) is 8.68. The highest BCUT2D eigenvalue weighted by molar-refractivity contribution is 5.74. The molecule has 2 amide bonds. The number of aryl methyl sites for hydroxylation is 1. The maximum absolute atomic E-state index is 12.4. The third-order valence-corrected chi connectivity index (χ3v) is 4.53. The van der Waals surface area contributed by atoms with Crippen LogP contribution >= 0.6 is 0 Å². The van der Waals surface area contributed by atoms with Crippen LogP contribution in [0.25, 0.3) is 0 Å². The Morgan fingerprint density at radius 3 is 2.68 bits per heavy atom. The van der Waals surface area contributed by atoms with Crippen molar-refractivity contribution in [1.82, 2.24) is 25.0 Å². The Balaban J connectivity index is 1.42. The largest absolute Gasteiger partial charge is 0.373 e. The molecule has 2 heterocycles. The molecule has 0 aliphatic carbocycles. The van der Waals surface area contributed by atoms with Gasteiger partial charge in [-0.2, -0.15) is 0 Å². The molecule has 1 aromatic heterocycles. The maximum Gasteiger partial charge on any atom is 0.317 e. The zero-order chi connectivity index (χ0) is 17.6. The number of hydrogen-bond acceptors (Lipinski definition) is 4. The predicted octanol–water partition coefficient (Wildman–Crippen LogP) is 2.27. The van der Waals surface area contributed by atoms with E-state index in [0.717, 1.165) is 18.7 Å². The van der Waals surface area contributed by atoms with Crippen LogP contribution in [0.2, 0.25) is 0 Å². The number of urea groups is 1. The summed E-state index contributed by atoms with van der Waals surface area (Å²) >= 11 is 0. The lowest BCUT2D eigenvalue weighted by Gasteiger charge is -2.32. The molecule has 0 saturated carbocycles. The van der Waals surface area contributed by atoms with Crippen LogP contribution in [0.1, 0.15) is 37.2 Å². The molecular formula is C18H25N5O2. The third kappa shape index (κ3) is 4.57. The van der Waals surface area contributed by atoms with Gasteiger partial charge in [0.25, 0.3) is 0 Å². The van der Waals surface area contributed by atoms with Gasteiger partial charge in [-0.1, -0.05) is 30.3 Å². The first-order chi connectivity index (χ1) is 12.1. The Morgan fingerprint density at radius 2 is 2.04 bits per heavy atom. The molecule has 7 heteroatoms. The van der Waals surface area contributed by atoms with Crippen molar-refractivity contribution in [3.63, 3.8) is 0 Å². The average Bonchev–Trinajstić information content (AvgIpc) is 3.07. The van der Waals surface area contributed by atoms with Gasteiger partial charge >= 0.3 is 6.03 Å². The normalized spacial score (nSPS) is 16.6. The predicted molar refractivity (Wildman–Crippen MR) is 93.8 cm³/mol. The van der Waals surface area contributed by atoms with Crippen LogP contribution < -0.4 is 5.32 Å². The van der Waals surface area contributed by atoms with E-state index in [9.17, 15) is 4.79 Å². The molecule has 0 spiro atoms. The van der Waals surface area contributed by atoms with Gasteiger partial charge in [0.2, 0.25) is 0 Å². The molecule has 1 aliphatic heterocycles. The van der Waals surface area contributed by atoms with E-state index in [1.54, 1.807) is 6.33 Å². The van der Waals surface area contributed by atoms with Crippen LogP contribution in [-0.2, 0) is 18.4 Å². The van der Waals surface area contributed by atoms with E-state index >= 15 is 0 Å². The number of rotatable bonds is 5. The first-order valence-electron chi connectivity index (χ1n) is 8.68. The molecule has 25 heavy (non-hydrogen) atoms. The van der Waals surface area contributed by atoms with E-state index in [4.69, 9.17) is 4.74 Å². The second-order valence-corrected chi connectivity index (χ2v) is 6.45. The fourth-order valence-electron chi connectivity index (χ4n) is 3.04. The number of piperidine rings is 1. The van der Waals surface area contributed by atoms with Crippen molar-refractivity contribution in [2.75, 3.05) is 13.1 Å². The second kappa shape index (κ2) is 8.11. The standard InChI is InChI=1S/C18H25N5O2/c1-14(17-21-19-13-22(17)2)20-18(24)23-10-8-16(9-11-23)25-12-15-6-4-3-5-7-15/h3-7,13-14,16H,8-12H2,1-2H3,(H,20,24)/t14-/m0/s1. The fraction of sp³-hybridized carbons (Fsp3) is 0.500. The van der Waals surface area contributed by atoms with Crippen LogP contribution in [0.4, 0.5) is 4.79 Å². The minimum absolute atomic E-state index is 0.0583. The van der Waals surface area contributed by atoms with Gasteiger partial charge in [-0.3, -0.25) is 0 Å². The van der Waals surface area contributed by atoms with Crippen molar-refractivity contribution in [1.29, 1.82) is 0 Å². The number of carbonyl (C=O) groups excluding carboxylic acids is 1. The number of likely N-dealkylation sites (tertiary alicyclic amines) is 1. The zero-order valence-corrected chi connectivity index (χ0v) is 14.8. The number of nitrogens with one attached hydrogen (secondary N) is 1. The van der Waals surface area contributed by atoms with Crippen LogP contribution in [-0.4, -0.2) is 44.9 Å². The average molecular weight is 343 g/mol. The lowest BCUT2D eigenvalue weighted by Crippen LogP contribution is -2.46. The van der Waals surface area contributed by atoms with Crippen molar-refractivity contribution in [2.45, 2.75) is 38.5 Å². The highest BCUT2D eigenvalue weighted by atomic mass is 16.5. The number of hydrogen-bond donors (Lipinski definition) is 1. The number of carbonyl (C=O) groups is 1. The summed E-state index contributed by atoms with van der Waals surface area (Å²) in [7, 11) is 1.87. The van der Waals surface area contributed by atoms with Crippen LogP contribution in [0.15, 0.2) is 36.7 Å². The zero-order valence-electron chi connectivity index (χ0n) is 14.8. The summed E-state index contributed by atoms with van der Waals surface area (Å²) in [6.45, 7) is 3.95. The quantitative estimate of drug-likeness (QED) is 0.904. The molecule has 2 aromatic rings. The fourth-order valence-corrected chi connectivity index (χ4v) is 3.04. The summed E-state index contributed by atoms with van der Waals surface area (Å²) in [4.78, 5) is 14.3. The molecule has 1 aromatic carbocycles. The number of ether oxygens (including phenoxy) is 1. The third-order valence-electron chi connectivity index (χ3n) is 4.53. The maximum atomic E-state index is 12.4. The minimum Gasteiger partial charge on any atom is -0.373 e.